The van der Waals surface area contributed by atoms with Gasteiger partial charge in [-0.2, -0.15) is 18.3 Å². The van der Waals surface area contributed by atoms with Crippen LogP contribution in [0.2, 0.25) is 0 Å². The average Bonchev–Trinajstić information content (AvgIpc) is 2.57. The van der Waals surface area contributed by atoms with Crippen LogP contribution in [0.1, 0.15) is 32.0 Å². The Balaban J connectivity index is 3.07. The van der Waals surface area contributed by atoms with E-state index in [2.05, 4.69) is 10.4 Å². The molecule has 116 valence electrons. The molecule has 0 bridgehead atoms. The number of nitrogens with one attached hydrogen (secondary N) is 1. The second-order valence-electron chi connectivity index (χ2n) is 5.18. The molecular formula is C13H23F3N4. The molecule has 20 heavy (non-hydrogen) atoms. The molecule has 0 aliphatic carbocycles. The van der Waals surface area contributed by atoms with Crippen LogP contribution in [-0.4, -0.2) is 35.1 Å². The van der Waals surface area contributed by atoms with Crippen molar-refractivity contribution in [2.45, 2.75) is 46.5 Å². The molecule has 4 nitrogen and oxygen atoms in total. The molecule has 0 saturated carbocycles. The third-order valence-electron chi connectivity index (χ3n) is 3.05. The number of halogens is 3. The second-order valence-corrected chi connectivity index (χ2v) is 5.18. The van der Waals surface area contributed by atoms with Gasteiger partial charge in [0, 0.05) is 31.7 Å². The average molecular weight is 292 g/mol. The second kappa shape index (κ2) is 6.47. The van der Waals surface area contributed by atoms with Gasteiger partial charge in [-0.1, -0.05) is 13.8 Å². The molecule has 0 radical (unpaired) electrons. The molecule has 0 aliphatic rings. The summed E-state index contributed by atoms with van der Waals surface area (Å²) in [5, 5.41) is 7.49. The maximum Gasteiger partial charge on any atom is 0.405 e. The van der Waals surface area contributed by atoms with Crippen molar-refractivity contribution >= 4 is 5.82 Å². The van der Waals surface area contributed by atoms with Crippen LogP contribution < -0.4 is 10.2 Å². The number of hydrogen-bond donors (Lipinski definition) is 1. The van der Waals surface area contributed by atoms with Crippen LogP contribution in [0.3, 0.4) is 0 Å². The number of aromatic nitrogens is 2. The van der Waals surface area contributed by atoms with E-state index in [-0.39, 0.29) is 12.6 Å². The van der Waals surface area contributed by atoms with E-state index in [9.17, 15) is 13.2 Å². The van der Waals surface area contributed by atoms with Gasteiger partial charge in [-0.3, -0.25) is 4.68 Å². The van der Waals surface area contributed by atoms with E-state index in [1.807, 2.05) is 20.8 Å². The van der Waals surface area contributed by atoms with Crippen molar-refractivity contribution in [3.63, 3.8) is 0 Å². The highest BCUT2D eigenvalue weighted by atomic mass is 19.4. The van der Waals surface area contributed by atoms with E-state index in [0.29, 0.717) is 12.4 Å². The van der Waals surface area contributed by atoms with Gasteiger partial charge in [-0.15, -0.1) is 0 Å². The summed E-state index contributed by atoms with van der Waals surface area (Å²) in [6, 6.07) is 0.264. The minimum Gasteiger partial charge on any atom is -0.348 e. The van der Waals surface area contributed by atoms with Gasteiger partial charge >= 0.3 is 6.18 Å². The largest absolute Gasteiger partial charge is 0.405 e. The lowest BCUT2D eigenvalue weighted by Crippen LogP contribution is -2.36. The minimum absolute atomic E-state index is 0.264. The smallest absolute Gasteiger partial charge is 0.348 e. The normalized spacial score (nSPS) is 12.2. The molecule has 0 atom stereocenters. The third kappa shape index (κ3) is 4.40. The summed E-state index contributed by atoms with van der Waals surface area (Å²) < 4.78 is 39.6. The van der Waals surface area contributed by atoms with Crippen molar-refractivity contribution in [1.82, 2.24) is 15.1 Å². The molecule has 1 heterocycles. The van der Waals surface area contributed by atoms with Crippen molar-refractivity contribution in [3.05, 3.63) is 11.3 Å². The van der Waals surface area contributed by atoms with Crippen LogP contribution in [0.25, 0.3) is 0 Å². The number of alkyl halides is 3. The van der Waals surface area contributed by atoms with Crippen molar-refractivity contribution in [2.24, 2.45) is 7.05 Å². The summed E-state index contributed by atoms with van der Waals surface area (Å²) in [6.45, 7) is 7.37. The summed E-state index contributed by atoms with van der Waals surface area (Å²) >= 11 is 0. The highest BCUT2D eigenvalue weighted by Gasteiger charge is 2.32. The quantitative estimate of drug-likeness (QED) is 0.875. The molecule has 1 aromatic rings. The Kier molecular flexibility index (Phi) is 5.44. The van der Waals surface area contributed by atoms with Crippen LogP contribution in [0.15, 0.2) is 0 Å². The molecular weight excluding hydrogens is 269 g/mol. The number of nitrogens with zero attached hydrogens (tertiary/aromatic N) is 3. The first kappa shape index (κ1) is 16.8. The Labute approximate surface area is 117 Å². The van der Waals surface area contributed by atoms with Crippen LogP contribution in [-0.2, 0) is 13.6 Å². The zero-order valence-electron chi connectivity index (χ0n) is 12.7. The standard InChI is InChI=1S/C13H23F3N4/c1-6-20(8-13(14,15)16)12-11(7-17-9(2)3)10(4)18-19(12)5/h9,17H,6-8H2,1-5H3. The highest BCUT2D eigenvalue weighted by Crippen LogP contribution is 2.27. The lowest BCUT2D eigenvalue weighted by atomic mass is 10.2. The Hall–Kier alpha value is -1.24. The fourth-order valence-electron chi connectivity index (χ4n) is 2.15. The number of aryl methyl sites for hydroxylation is 2. The summed E-state index contributed by atoms with van der Waals surface area (Å²) in [6.07, 6.45) is -4.23. The van der Waals surface area contributed by atoms with Crippen LogP contribution in [0, 0.1) is 6.92 Å². The summed E-state index contributed by atoms with van der Waals surface area (Å²) in [7, 11) is 1.68. The van der Waals surface area contributed by atoms with E-state index in [0.717, 1.165) is 11.3 Å². The van der Waals surface area contributed by atoms with Crippen LogP contribution in [0.4, 0.5) is 19.0 Å². The van der Waals surface area contributed by atoms with Gasteiger partial charge in [-0.05, 0) is 13.8 Å². The molecule has 0 fully saturated rings. The molecule has 0 unspecified atom stereocenters. The minimum atomic E-state index is -4.23. The van der Waals surface area contributed by atoms with Gasteiger partial charge < -0.3 is 10.2 Å². The molecule has 0 saturated heterocycles. The predicted molar refractivity (Wildman–Crippen MR) is 73.9 cm³/mol. The van der Waals surface area contributed by atoms with Gasteiger partial charge in [0.05, 0.1) is 5.69 Å². The van der Waals surface area contributed by atoms with Gasteiger partial charge in [0.1, 0.15) is 12.4 Å². The summed E-state index contributed by atoms with van der Waals surface area (Å²) in [5.74, 6) is 0.537. The van der Waals surface area contributed by atoms with Crippen LogP contribution in [0.5, 0.6) is 0 Å². The topological polar surface area (TPSA) is 33.1 Å². The zero-order valence-corrected chi connectivity index (χ0v) is 12.7. The summed E-state index contributed by atoms with van der Waals surface area (Å²) in [5.41, 5.74) is 1.59. The van der Waals surface area contributed by atoms with E-state index in [4.69, 9.17) is 0 Å². The molecule has 0 aliphatic heterocycles. The van der Waals surface area contributed by atoms with Crippen molar-refractivity contribution in [1.29, 1.82) is 0 Å². The Morgan fingerprint density at radius 1 is 1.35 bits per heavy atom. The molecule has 0 amide bonds. The number of anilines is 1. The molecule has 1 rings (SSSR count). The van der Waals surface area contributed by atoms with Gasteiger partial charge in [-0.25, -0.2) is 0 Å². The van der Waals surface area contributed by atoms with Gasteiger partial charge in [0.15, 0.2) is 0 Å². The Bertz CT molecular complexity index is 438. The fraction of sp³-hybridized carbons (Fsp3) is 0.769. The Morgan fingerprint density at radius 2 is 1.95 bits per heavy atom. The van der Waals surface area contributed by atoms with E-state index >= 15 is 0 Å². The predicted octanol–water partition coefficient (Wildman–Crippen LogP) is 2.62. The van der Waals surface area contributed by atoms with Gasteiger partial charge in [0.2, 0.25) is 0 Å². The highest BCUT2D eigenvalue weighted by molar-refractivity contribution is 5.50. The molecule has 0 spiro atoms. The van der Waals surface area contributed by atoms with E-state index in [1.165, 1.54) is 9.58 Å². The van der Waals surface area contributed by atoms with E-state index in [1.54, 1.807) is 14.0 Å². The van der Waals surface area contributed by atoms with Crippen molar-refractivity contribution in [3.8, 4) is 0 Å². The SMILES string of the molecule is CCN(CC(F)(F)F)c1c(CNC(C)C)c(C)nn1C. The van der Waals surface area contributed by atoms with Gasteiger partial charge in [0.25, 0.3) is 0 Å². The lowest BCUT2D eigenvalue weighted by molar-refractivity contribution is -0.119. The monoisotopic (exact) mass is 292 g/mol. The van der Waals surface area contributed by atoms with Crippen molar-refractivity contribution < 1.29 is 13.2 Å². The molecule has 1 aromatic heterocycles. The summed E-state index contributed by atoms with van der Waals surface area (Å²) in [4.78, 5) is 1.32. The third-order valence-corrected chi connectivity index (χ3v) is 3.05. The first-order valence-corrected chi connectivity index (χ1v) is 6.73. The molecule has 0 aromatic carbocycles. The Morgan fingerprint density at radius 3 is 2.40 bits per heavy atom. The number of rotatable bonds is 6. The number of hydrogen-bond acceptors (Lipinski definition) is 3. The van der Waals surface area contributed by atoms with E-state index < -0.39 is 12.7 Å². The molecule has 7 heteroatoms. The maximum atomic E-state index is 12.7. The zero-order chi connectivity index (χ0) is 15.5. The lowest BCUT2D eigenvalue weighted by Gasteiger charge is -2.26. The first-order chi connectivity index (χ1) is 9.15. The maximum absolute atomic E-state index is 12.7. The van der Waals surface area contributed by atoms with Crippen molar-refractivity contribution in [2.75, 3.05) is 18.0 Å². The first-order valence-electron chi connectivity index (χ1n) is 6.73. The van der Waals surface area contributed by atoms with Crippen LogP contribution >= 0.6 is 0 Å². The fourth-order valence-corrected chi connectivity index (χ4v) is 2.15. The molecule has 1 N–H and O–H groups in total.